The largest absolute Gasteiger partial charge is 0.398 e. The monoisotopic (exact) mass is 322 g/mol. The second-order valence-corrected chi connectivity index (χ2v) is 4.86. The van der Waals surface area contributed by atoms with Crippen LogP contribution < -0.4 is 11.1 Å². The molecule has 98 valence electrons. The predicted molar refractivity (Wildman–Crippen MR) is 76.1 cm³/mol. The summed E-state index contributed by atoms with van der Waals surface area (Å²) < 4.78 is 13.6. The number of halogens is 2. The van der Waals surface area contributed by atoms with E-state index < -0.39 is 5.82 Å². The van der Waals surface area contributed by atoms with Crippen molar-refractivity contribution in [3.05, 3.63) is 63.9 Å². The van der Waals surface area contributed by atoms with Crippen molar-refractivity contribution in [2.75, 3.05) is 5.73 Å². The molecular formula is C14H12BrFN2O. The van der Waals surface area contributed by atoms with Crippen LogP contribution in [-0.4, -0.2) is 5.91 Å². The summed E-state index contributed by atoms with van der Waals surface area (Å²) in [5.41, 5.74) is 7.49. The van der Waals surface area contributed by atoms with Crippen LogP contribution >= 0.6 is 15.9 Å². The lowest BCUT2D eigenvalue weighted by Gasteiger charge is -2.08. The summed E-state index contributed by atoms with van der Waals surface area (Å²) in [5, 5.41) is 2.70. The Bertz CT molecular complexity index is 616. The highest BCUT2D eigenvalue weighted by Crippen LogP contribution is 2.16. The third kappa shape index (κ3) is 3.32. The lowest BCUT2D eigenvalue weighted by molar-refractivity contribution is 0.0950. The lowest BCUT2D eigenvalue weighted by atomic mass is 10.1. The highest BCUT2D eigenvalue weighted by molar-refractivity contribution is 9.10. The molecule has 19 heavy (non-hydrogen) atoms. The molecule has 3 N–H and O–H groups in total. The van der Waals surface area contributed by atoms with Gasteiger partial charge in [-0.25, -0.2) is 4.39 Å². The average Bonchev–Trinajstić information content (AvgIpc) is 2.40. The van der Waals surface area contributed by atoms with Gasteiger partial charge < -0.3 is 11.1 Å². The fourth-order valence-electron chi connectivity index (χ4n) is 1.61. The van der Waals surface area contributed by atoms with E-state index in [1.807, 2.05) is 18.2 Å². The Kier molecular flexibility index (Phi) is 4.16. The van der Waals surface area contributed by atoms with Crippen molar-refractivity contribution in [2.45, 2.75) is 6.54 Å². The second-order valence-electron chi connectivity index (χ2n) is 4.01. The molecule has 0 bridgehead atoms. The molecule has 0 saturated carbocycles. The minimum absolute atomic E-state index is 0.273. The first-order chi connectivity index (χ1) is 9.08. The molecule has 2 aromatic carbocycles. The van der Waals surface area contributed by atoms with Crippen molar-refractivity contribution >= 4 is 27.5 Å². The summed E-state index contributed by atoms with van der Waals surface area (Å²) in [6.45, 7) is 0.309. The van der Waals surface area contributed by atoms with E-state index in [9.17, 15) is 9.18 Å². The van der Waals surface area contributed by atoms with Crippen LogP contribution in [0.2, 0.25) is 0 Å². The van der Waals surface area contributed by atoms with E-state index in [1.165, 1.54) is 12.1 Å². The zero-order chi connectivity index (χ0) is 13.8. The first-order valence-electron chi connectivity index (χ1n) is 5.64. The third-order valence-corrected chi connectivity index (χ3v) is 3.32. The van der Waals surface area contributed by atoms with Crippen LogP contribution in [0.25, 0.3) is 0 Å². The van der Waals surface area contributed by atoms with Gasteiger partial charge in [0.2, 0.25) is 0 Å². The number of nitrogen functional groups attached to an aromatic ring is 1. The van der Waals surface area contributed by atoms with Crippen molar-refractivity contribution in [1.82, 2.24) is 5.32 Å². The molecule has 1 amide bonds. The Morgan fingerprint density at radius 1 is 1.26 bits per heavy atom. The van der Waals surface area contributed by atoms with E-state index in [4.69, 9.17) is 5.73 Å². The molecule has 0 heterocycles. The zero-order valence-corrected chi connectivity index (χ0v) is 11.6. The third-order valence-electron chi connectivity index (χ3n) is 2.68. The summed E-state index contributed by atoms with van der Waals surface area (Å²) in [6, 6.07) is 11.5. The molecular weight excluding hydrogens is 311 g/mol. The number of benzene rings is 2. The lowest BCUT2D eigenvalue weighted by Crippen LogP contribution is -2.23. The number of carbonyl (C=O) groups is 1. The maximum absolute atomic E-state index is 13.3. The quantitative estimate of drug-likeness (QED) is 0.853. The summed E-state index contributed by atoms with van der Waals surface area (Å²) in [5.74, 6) is -0.804. The van der Waals surface area contributed by atoms with Gasteiger partial charge in [-0.05, 0) is 45.8 Å². The van der Waals surface area contributed by atoms with Gasteiger partial charge in [0.25, 0.3) is 5.91 Å². The number of para-hydroxylation sites is 1. The van der Waals surface area contributed by atoms with Gasteiger partial charge in [-0.15, -0.1) is 0 Å². The van der Waals surface area contributed by atoms with Crippen molar-refractivity contribution in [2.24, 2.45) is 0 Å². The Labute approximate surface area is 118 Å². The van der Waals surface area contributed by atoms with Crippen LogP contribution in [0.5, 0.6) is 0 Å². The summed E-state index contributed by atoms with van der Waals surface area (Å²) in [6.07, 6.45) is 0. The van der Waals surface area contributed by atoms with Gasteiger partial charge in [0.1, 0.15) is 5.82 Å². The molecule has 5 heteroatoms. The standard InChI is InChI=1S/C14H12BrFN2O/c15-11-6-5-9(7-12(11)16)14(19)18-8-10-3-1-2-4-13(10)17/h1-7H,8,17H2,(H,18,19). The highest BCUT2D eigenvalue weighted by Gasteiger charge is 2.08. The summed E-state index contributed by atoms with van der Waals surface area (Å²) in [4.78, 5) is 11.9. The van der Waals surface area contributed by atoms with Gasteiger partial charge in [0.05, 0.1) is 4.47 Å². The van der Waals surface area contributed by atoms with Crippen LogP contribution in [0.15, 0.2) is 46.9 Å². The molecule has 0 radical (unpaired) electrons. The van der Waals surface area contributed by atoms with Gasteiger partial charge >= 0.3 is 0 Å². The SMILES string of the molecule is Nc1ccccc1CNC(=O)c1ccc(Br)c(F)c1. The van der Waals surface area contributed by atoms with Crippen LogP contribution in [0, 0.1) is 5.82 Å². The van der Waals surface area contributed by atoms with Crippen LogP contribution in [0.3, 0.4) is 0 Å². The molecule has 0 atom stereocenters. The number of nitrogens with one attached hydrogen (secondary N) is 1. The van der Waals surface area contributed by atoms with Crippen molar-refractivity contribution < 1.29 is 9.18 Å². The Hall–Kier alpha value is -1.88. The minimum atomic E-state index is -0.466. The van der Waals surface area contributed by atoms with E-state index in [-0.39, 0.29) is 11.5 Å². The normalized spacial score (nSPS) is 10.2. The molecule has 0 saturated heterocycles. The fraction of sp³-hybridized carbons (Fsp3) is 0.0714. The number of amides is 1. The molecule has 0 unspecified atom stereocenters. The van der Waals surface area contributed by atoms with Gasteiger partial charge in [0, 0.05) is 17.8 Å². The topological polar surface area (TPSA) is 55.1 Å². The van der Waals surface area contributed by atoms with Gasteiger partial charge in [0.15, 0.2) is 0 Å². The average molecular weight is 323 g/mol. The molecule has 0 fully saturated rings. The number of rotatable bonds is 3. The number of hydrogen-bond donors (Lipinski definition) is 2. The van der Waals surface area contributed by atoms with Crippen LogP contribution in [0.4, 0.5) is 10.1 Å². The fourth-order valence-corrected chi connectivity index (χ4v) is 1.86. The van der Waals surface area contributed by atoms with E-state index in [0.29, 0.717) is 16.7 Å². The van der Waals surface area contributed by atoms with Crippen LogP contribution in [-0.2, 0) is 6.54 Å². The molecule has 2 aromatic rings. The van der Waals surface area contributed by atoms with Gasteiger partial charge in [-0.3, -0.25) is 4.79 Å². The first-order valence-corrected chi connectivity index (χ1v) is 6.44. The molecule has 0 aliphatic rings. The Balaban J connectivity index is 2.05. The van der Waals surface area contributed by atoms with E-state index in [1.54, 1.807) is 12.1 Å². The van der Waals surface area contributed by atoms with E-state index in [2.05, 4.69) is 21.2 Å². The van der Waals surface area contributed by atoms with Gasteiger partial charge in [-0.1, -0.05) is 18.2 Å². The number of hydrogen-bond acceptors (Lipinski definition) is 2. The zero-order valence-electron chi connectivity index (χ0n) is 9.99. The maximum Gasteiger partial charge on any atom is 0.251 e. The number of carbonyl (C=O) groups excluding carboxylic acids is 1. The van der Waals surface area contributed by atoms with Crippen LogP contribution in [0.1, 0.15) is 15.9 Å². The predicted octanol–water partition coefficient (Wildman–Crippen LogP) is 3.10. The minimum Gasteiger partial charge on any atom is -0.398 e. The maximum atomic E-state index is 13.3. The molecule has 0 aliphatic heterocycles. The molecule has 2 rings (SSSR count). The summed E-state index contributed by atoms with van der Waals surface area (Å²) in [7, 11) is 0. The van der Waals surface area contributed by atoms with Crippen molar-refractivity contribution in [1.29, 1.82) is 0 Å². The molecule has 3 nitrogen and oxygen atoms in total. The number of nitrogens with two attached hydrogens (primary N) is 1. The molecule has 0 spiro atoms. The first kappa shape index (κ1) is 13.5. The van der Waals surface area contributed by atoms with Crippen molar-refractivity contribution in [3.63, 3.8) is 0 Å². The van der Waals surface area contributed by atoms with E-state index >= 15 is 0 Å². The summed E-state index contributed by atoms with van der Waals surface area (Å²) >= 11 is 3.04. The Morgan fingerprint density at radius 3 is 2.68 bits per heavy atom. The van der Waals surface area contributed by atoms with Crippen molar-refractivity contribution in [3.8, 4) is 0 Å². The smallest absolute Gasteiger partial charge is 0.251 e. The highest BCUT2D eigenvalue weighted by atomic mass is 79.9. The number of anilines is 1. The van der Waals surface area contributed by atoms with Gasteiger partial charge in [-0.2, -0.15) is 0 Å². The Morgan fingerprint density at radius 2 is 2.00 bits per heavy atom. The molecule has 0 aromatic heterocycles. The molecule has 0 aliphatic carbocycles. The van der Waals surface area contributed by atoms with E-state index in [0.717, 1.165) is 5.56 Å². The second kappa shape index (κ2) is 5.84.